The Morgan fingerprint density at radius 3 is 2.87 bits per heavy atom. The first-order valence-corrected chi connectivity index (χ1v) is 4.64. The van der Waals surface area contributed by atoms with Crippen LogP contribution < -0.4 is 4.74 Å². The average Bonchev–Trinajstić information content (AvgIpc) is 2.28. The maximum Gasteiger partial charge on any atom is 0.127 e. The fourth-order valence-corrected chi connectivity index (χ4v) is 1.08. The second kappa shape index (κ2) is 6.04. The van der Waals surface area contributed by atoms with E-state index in [0.29, 0.717) is 5.75 Å². The summed E-state index contributed by atoms with van der Waals surface area (Å²) < 4.78 is 5.33. The fraction of sp³-hybridized carbons (Fsp3) is 0.250. The number of aliphatic hydroxyl groups excluding tert-OH is 2. The van der Waals surface area contributed by atoms with Crippen molar-refractivity contribution in [2.45, 2.75) is 6.10 Å². The molecule has 3 nitrogen and oxygen atoms in total. The first kappa shape index (κ1) is 11.5. The molecule has 3 heteroatoms. The number of ether oxygens (including phenoxy) is 1. The Morgan fingerprint density at radius 2 is 2.20 bits per heavy atom. The van der Waals surface area contributed by atoms with Crippen molar-refractivity contribution in [2.24, 2.45) is 0 Å². The summed E-state index contributed by atoms with van der Waals surface area (Å²) in [5.74, 6) is 0.640. The molecular formula is C12H14O3. The molecule has 15 heavy (non-hydrogen) atoms. The van der Waals surface area contributed by atoms with Crippen molar-refractivity contribution in [2.75, 3.05) is 13.2 Å². The van der Waals surface area contributed by atoms with Gasteiger partial charge in [-0.3, -0.25) is 0 Å². The van der Waals surface area contributed by atoms with E-state index in [1.54, 1.807) is 12.1 Å². The Bertz CT molecular complexity index is 354. The highest BCUT2D eigenvalue weighted by atomic mass is 16.5. The lowest BCUT2D eigenvalue weighted by Crippen LogP contribution is -2.21. The third-order valence-electron chi connectivity index (χ3n) is 1.82. The summed E-state index contributed by atoms with van der Waals surface area (Å²) >= 11 is 0. The van der Waals surface area contributed by atoms with Crippen molar-refractivity contribution in [3.8, 4) is 5.75 Å². The Hall–Kier alpha value is -1.54. The van der Waals surface area contributed by atoms with Crippen LogP contribution in [0.25, 0.3) is 6.08 Å². The zero-order chi connectivity index (χ0) is 11.1. The molecule has 1 rings (SSSR count). The first-order chi connectivity index (χ1) is 7.27. The highest BCUT2D eigenvalue weighted by Gasteiger charge is 2.04. The standard InChI is InChI=1S/C12H14O3/c1-2-5-10-6-3-4-7-12(10)15-9-11(14)8-13/h3-7,11,13-14H,1,8-9H2/t11-/m0/s1. The number of hydrogen-bond donors (Lipinski definition) is 2. The summed E-state index contributed by atoms with van der Waals surface area (Å²) in [5, 5.41) is 17.8. The largest absolute Gasteiger partial charge is 0.490 e. The van der Waals surface area contributed by atoms with Gasteiger partial charge in [0.1, 0.15) is 18.5 Å². The van der Waals surface area contributed by atoms with Gasteiger partial charge in [-0.2, -0.15) is 0 Å². The van der Waals surface area contributed by atoms with Gasteiger partial charge in [0.25, 0.3) is 0 Å². The minimum atomic E-state index is -0.856. The lowest BCUT2D eigenvalue weighted by molar-refractivity contribution is 0.0535. The molecule has 2 N–H and O–H groups in total. The average molecular weight is 206 g/mol. The van der Waals surface area contributed by atoms with Gasteiger partial charge < -0.3 is 14.9 Å². The van der Waals surface area contributed by atoms with Crippen molar-refractivity contribution < 1.29 is 14.9 Å². The van der Waals surface area contributed by atoms with Crippen LogP contribution in [0, 0.1) is 0 Å². The molecule has 0 saturated heterocycles. The molecule has 0 aliphatic rings. The molecule has 1 aromatic rings. The zero-order valence-corrected chi connectivity index (χ0v) is 8.39. The number of rotatable bonds is 5. The molecule has 0 fully saturated rings. The molecule has 0 aromatic heterocycles. The maximum absolute atomic E-state index is 9.13. The van der Waals surface area contributed by atoms with Crippen molar-refractivity contribution in [1.82, 2.24) is 0 Å². The van der Waals surface area contributed by atoms with E-state index in [0.717, 1.165) is 5.56 Å². The van der Waals surface area contributed by atoms with Crippen molar-refractivity contribution in [3.05, 3.63) is 42.1 Å². The third kappa shape index (κ3) is 3.60. The van der Waals surface area contributed by atoms with E-state index in [9.17, 15) is 0 Å². The summed E-state index contributed by atoms with van der Waals surface area (Å²) in [6, 6.07) is 7.35. The smallest absolute Gasteiger partial charge is 0.127 e. The molecule has 0 spiro atoms. The van der Waals surface area contributed by atoms with Gasteiger partial charge in [0.2, 0.25) is 0 Å². The van der Waals surface area contributed by atoms with Crippen molar-refractivity contribution in [1.29, 1.82) is 0 Å². The second-order valence-electron chi connectivity index (χ2n) is 3.03. The summed E-state index contributed by atoms with van der Waals surface area (Å²) in [7, 11) is 0. The Morgan fingerprint density at radius 1 is 1.47 bits per heavy atom. The predicted molar refractivity (Wildman–Crippen MR) is 58.6 cm³/mol. The van der Waals surface area contributed by atoms with Gasteiger partial charge in [0.15, 0.2) is 0 Å². The van der Waals surface area contributed by atoms with Crippen LogP contribution >= 0.6 is 0 Å². The van der Waals surface area contributed by atoms with E-state index < -0.39 is 6.10 Å². The lowest BCUT2D eigenvalue weighted by Gasteiger charge is -2.11. The normalized spacial score (nSPS) is 11.6. The van der Waals surface area contributed by atoms with Crippen LogP contribution in [0.2, 0.25) is 0 Å². The molecule has 0 radical (unpaired) electrons. The number of hydrogen-bond acceptors (Lipinski definition) is 3. The van der Waals surface area contributed by atoms with Crippen LogP contribution in [0.4, 0.5) is 0 Å². The number of benzene rings is 1. The summed E-state index contributed by atoms with van der Waals surface area (Å²) in [5.41, 5.74) is 3.50. The quantitative estimate of drug-likeness (QED) is 0.712. The third-order valence-corrected chi connectivity index (χ3v) is 1.82. The molecule has 0 amide bonds. The minimum absolute atomic E-state index is 0.0680. The number of para-hydroxylation sites is 1. The van der Waals surface area contributed by atoms with E-state index >= 15 is 0 Å². The number of aliphatic hydroxyl groups is 2. The Balaban J connectivity index is 2.71. The molecule has 0 unspecified atom stereocenters. The van der Waals surface area contributed by atoms with Crippen LogP contribution in [0.5, 0.6) is 5.75 Å². The molecular weight excluding hydrogens is 192 g/mol. The minimum Gasteiger partial charge on any atom is -0.490 e. The highest BCUT2D eigenvalue weighted by Crippen LogP contribution is 2.18. The fourth-order valence-electron chi connectivity index (χ4n) is 1.08. The Labute approximate surface area is 88.9 Å². The molecule has 1 atom stereocenters. The Kier molecular flexibility index (Phi) is 4.64. The molecule has 1 aromatic carbocycles. The van der Waals surface area contributed by atoms with Crippen molar-refractivity contribution >= 4 is 6.08 Å². The molecule has 80 valence electrons. The van der Waals surface area contributed by atoms with Gasteiger partial charge in [-0.25, -0.2) is 0 Å². The van der Waals surface area contributed by atoms with Gasteiger partial charge >= 0.3 is 0 Å². The molecule has 0 aliphatic carbocycles. The van der Waals surface area contributed by atoms with Crippen LogP contribution in [0.3, 0.4) is 0 Å². The maximum atomic E-state index is 9.13. The van der Waals surface area contributed by atoms with E-state index in [1.807, 2.05) is 18.2 Å². The van der Waals surface area contributed by atoms with Gasteiger partial charge in [-0.1, -0.05) is 24.8 Å². The highest BCUT2D eigenvalue weighted by molar-refractivity contribution is 5.56. The van der Waals surface area contributed by atoms with E-state index in [4.69, 9.17) is 14.9 Å². The molecule has 0 aliphatic heterocycles. The van der Waals surface area contributed by atoms with Crippen LogP contribution in [0.15, 0.2) is 36.6 Å². The molecule has 0 saturated carbocycles. The van der Waals surface area contributed by atoms with E-state index in [-0.39, 0.29) is 13.2 Å². The second-order valence-corrected chi connectivity index (χ2v) is 3.03. The molecule has 0 bridgehead atoms. The van der Waals surface area contributed by atoms with Gasteiger partial charge in [-0.15, -0.1) is 5.73 Å². The van der Waals surface area contributed by atoms with Crippen molar-refractivity contribution in [3.63, 3.8) is 0 Å². The van der Waals surface area contributed by atoms with E-state index in [2.05, 4.69) is 12.3 Å². The van der Waals surface area contributed by atoms with Crippen LogP contribution in [-0.2, 0) is 0 Å². The predicted octanol–water partition coefficient (Wildman–Crippen LogP) is 1.22. The monoisotopic (exact) mass is 206 g/mol. The summed E-state index contributed by atoms with van der Waals surface area (Å²) in [4.78, 5) is 0. The SMILES string of the molecule is C=C=Cc1ccccc1OC[C@@H](O)CO. The van der Waals surface area contributed by atoms with Gasteiger partial charge in [-0.05, 0) is 12.1 Å². The summed E-state index contributed by atoms with van der Waals surface area (Å²) in [6.45, 7) is 3.24. The van der Waals surface area contributed by atoms with Gasteiger partial charge in [0.05, 0.1) is 6.61 Å². The lowest BCUT2D eigenvalue weighted by atomic mass is 10.2. The van der Waals surface area contributed by atoms with E-state index in [1.165, 1.54) is 0 Å². The summed E-state index contributed by atoms with van der Waals surface area (Å²) in [6.07, 6.45) is 0.839. The van der Waals surface area contributed by atoms with Gasteiger partial charge in [0, 0.05) is 5.56 Å². The topological polar surface area (TPSA) is 49.7 Å². The molecule has 0 heterocycles. The van der Waals surface area contributed by atoms with Crippen LogP contribution in [-0.4, -0.2) is 29.5 Å². The first-order valence-electron chi connectivity index (χ1n) is 4.64. The zero-order valence-electron chi connectivity index (χ0n) is 8.39. The van der Waals surface area contributed by atoms with Crippen LogP contribution in [0.1, 0.15) is 5.56 Å².